The lowest BCUT2D eigenvalue weighted by Gasteiger charge is -2.20. The van der Waals surface area contributed by atoms with Crippen molar-refractivity contribution >= 4 is 5.69 Å². The van der Waals surface area contributed by atoms with Crippen LogP contribution in [0.15, 0.2) is 42.6 Å². The average Bonchev–Trinajstić information content (AvgIpc) is 2.90. The van der Waals surface area contributed by atoms with Gasteiger partial charge in [0.15, 0.2) is 0 Å². The van der Waals surface area contributed by atoms with Gasteiger partial charge in [0.25, 0.3) is 0 Å². The lowest BCUT2D eigenvalue weighted by atomic mass is 10.2. The van der Waals surface area contributed by atoms with Crippen LogP contribution in [0.25, 0.3) is 0 Å². The van der Waals surface area contributed by atoms with Crippen LogP contribution in [-0.2, 0) is 0 Å². The highest BCUT2D eigenvalue weighted by atomic mass is 16.5. The topological polar surface area (TPSA) is 25.4 Å². The van der Waals surface area contributed by atoms with Crippen LogP contribution >= 0.6 is 0 Å². The van der Waals surface area contributed by atoms with E-state index in [1.165, 1.54) is 11.3 Å². The monoisotopic (exact) mass is 268 g/mol. The first-order chi connectivity index (χ1) is 9.72. The average molecular weight is 268 g/mol. The number of hydrogen-bond donors (Lipinski definition) is 0. The fraction of sp³-hybridized carbons (Fsp3) is 0.353. The highest BCUT2D eigenvalue weighted by molar-refractivity contribution is 5.53. The van der Waals surface area contributed by atoms with E-state index in [0.717, 1.165) is 31.0 Å². The molecule has 2 aromatic rings. The third kappa shape index (κ3) is 2.77. The third-order valence-corrected chi connectivity index (χ3v) is 3.77. The van der Waals surface area contributed by atoms with E-state index in [-0.39, 0.29) is 6.10 Å². The molecule has 1 saturated heterocycles. The minimum absolute atomic E-state index is 0.227. The molecule has 1 aliphatic rings. The SMILES string of the molecule is Cc1ccc(OC2CCN(c3ccccc3C)C2)nc1. The number of benzene rings is 1. The molecular weight excluding hydrogens is 248 g/mol. The molecule has 3 nitrogen and oxygen atoms in total. The van der Waals surface area contributed by atoms with E-state index in [2.05, 4.69) is 41.1 Å². The number of para-hydroxylation sites is 1. The van der Waals surface area contributed by atoms with Crippen molar-refractivity contribution in [2.24, 2.45) is 0 Å². The molecule has 0 amide bonds. The summed E-state index contributed by atoms with van der Waals surface area (Å²) in [4.78, 5) is 6.71. The zero-order valence-electron chi connectivity index (χ0n) is 12.0. The number of nitrogens with zero attached hydrogens (tertiary/aromatic N) is 2. The molecule has 0 spiro atoms. The van der Waals surface area contributed by atoms with Gasteiger partial charge in [0.2, 0.25) is 5.88 Å². The molecule has 0 radical (unpaired) electrons. The molecule has 1 aromatic carbocycles. The largest absolute Gasteiger partial charge is 0.472 e. The standard InChI is InChI=1S/C17H20N2O/c1-13-7-8-17(18-11-13)20-15-9-10-19(12-15)16-6-4-3-5-14(16)2/h3-8,11,15H,9-10,12H2,1-2H3. The molecule has 104 valence electrons. The maximum absolute atomic E-state index is 5.97. The molecule has 0 N–H and O–H groups in total. The number of aryl methyl sites for hydroxylation is 2. The minimum Gasteiger partial charge on any atom is -0.472 e. The second kappa shape index (κ2) is 5.53. The van der Waals surface area contributed by atoms with E-state index in [1.54, 1.807) is 0 Å². The quantitative estimate of drug-likeness (QED) is 0.853. The summed E-state index contributed by atoms with van der Waals surface area (Å²) >= 11 is 0. The Morgan fingerprint density at radius 1 is 1.15 bits per heavy atom. The van der Waals surface area contributed by atoms with Crippen LogP contribution in [0.2, 0.25) is 0 Å². The maximum Gasteiger partial charge on any atom is 0.213 e. The highest BCUT2D eigenvalue weighted by Crippen LogP contribution is 2.25. The fourth-order valence-electron chi connectivity index (χ4n) is 2.66. The summed E-state index contributed by atoms with van der Waals surface area (Å²) in [6.07, 6.45) is 3.12. The van der Waals surface area contributed by atoms with Crippen molar-refractivity contribution < 1.29 is 4.74 Å². The number of rotatable bonds is 3. The van der Waals surface area contributed by atoms with Crippen molar-refractivity contribution in [2.45, 2.75) is 26.4 Å². The Labute approximate surface area is 120 Å². The lowest BCUT2D eigenvalue weighted by molar-refractivity contribution is 0.216. The smallest absolute Gasteiger partial charge is 0.213 e. The Morgan fingerprint density at radius 3 is 2.75 bits per heavy atom. The van der Waals surface area contributed by atoms with Gasteiger partial charge in [-0.3, -0.25) is 0 Å². The van der Waals surface area contributed by atoms with Crippen LogP contribution in [0.1, 0.15) is 17.5 Å². The first kappa shape index (κ1) is 13.0. The summed E-state index contributed by atoms with van der Waals surface area (Å²) < 4.78 is 5.97. The van der Waals surface area contributed by atoms with Crippen LogP contribution in [0.5, 0.6) is 5.88 Å². The molecule has 0 aliphatic carbocycles. The molecule has 3 heteroatoms. The van der Waals surface area contributed by atoms with E-state index in [9.17, 15) is 0 Å². The first-order valence-electron chi connectivity index (χ1n) is 7.12. The lowest BCUT2D eigenvalue weighted by Crippen LogP contribution is -2.25. The van der Waals surface area contributed by atoms with E-state index >= 15 is 0 Å². The summed E-state index contributed by atoms with van der Waals surface area (Å²) in [7, 11) is 0. The van der Waals surface area contributed by atoms with Crippen LogP contribution < -0.4 is 9.64 Å². The molecule has 1 atom stereocenters. The third-order valence-electron chi connectivity index (χ3n) is 3.77. The molecule has 20 heavy (non-hydrogen) atoms. The molecule has 0 bridgehead atoms. The van der Waals surface area contributed by atoms with Crippen molar-refractivity contribution in [1.29, 1.82) is 0 Å². The highest BCUT2D eigenvalue weighted by Gasteiger charge is 2.25. The van der Waals surface area contributed by atoms with Gasteiger partial charge >= 0.3 is 0 Å². The van der Waals surface area contributed by atoms with E-state index < -0.39 is 0 Å². The van der Waals surface area contributed by atoms with Gasteiger partial charge in [0.1, 0.15) is 6.10 Å². The Hall–Kier alpha value is -2.03. The van der Waals surface area contributed by atoms with Gasteiger partial charge in [0, 0.05) is 30.9 Å². The van der Waals surface area contributed by atoms with Gasteiger partial charge in [-0.15, -0.1) is 0 Å². The molecule has 3 rings (SSSR count). The van der Waals surface area contributed by atoms with Gasteiger partial charge in [-0.05, 0) is 31.0 Å². The van der Waals surface area contributed by atoms with Crippen LogP contribution in [0, 0.1) is 13.8 Å². The molecule has 1 fully saturated rings. The van der Waals surface area contributed by atoms with Gasteiger partial charge < -0.3 is 9.64 Å². The normalized spacial score (nSPS) is 18.3. The Bertz CT molecular complexity index is 580. The second-order valence-electron chi connectivity index (χ2n) is 5.43. The van der Waals surface area contributed by atoms with Gasteiger partial charge in [0.05, 0.1) is 6.54 Å². The molecule has 0 saturated carbocycles. The van der Waals surface area contributed by atoms with Crippen LogP contribution in [-0.4, -0.2) is 24.2 Å². The summed E-state index contributed by atoms with van der Waals surface area (Å²) in [6, 6.07) is 12.5. The zero-order chi connectivity index (χ0) is 13.9. The Morgan fingerprint density at radius 2 is 2.00 bits per heavy atom. The number of aromatic nitrogens is 1. The molecule has 1 unspecified atom stereocenters. The number of ether oxygens (including phenoxy) is 1. The summed E-state index contributed by atoms with van der Waals surface area (Å²) in [5.41, 5.74) is 3.79. The second-order valence-corrected chi connectivity index (χ2v) is 5.43. The molecule has 1 aromatic heterocycles. The zero-order valence-corrected chi connectivity index (χ0v) is 12.0. The predicted molar refractivity (Wildman–Crippen MR) is 81.4 cm³/mol. The Kier molecular flexibility index (Phi) is 3.59. The van der Waals surface area contributed by atoms with Crippen molar-refractivity contribution in [3.8, 4) is 5.88 Å². The minimum atomic E-state index is 0.227. The number of anilines is 1. The van der Waals surface area contributed by atoms with Crippen LogP contribution in [0.4, 0.5) is 5.69 Å². The van der Waals surface area contributed by atoms with Gasteiger partial charge in [-0.1, -0.05) is 24.3 Å². The molecule has 2 heterocycles. The summed E-state index contributed by atoms with van der Waals surface area (Å²) in [6.45, 7) is 6.17. The van der Waals surface area contributed by atoms with Crippen molar-refractivity contribution in [3.63, 3.8) is 0 Å². The summed E-state index contributed by atoms with van der Waals surface area (Å²) in [5.74, 6) is 0.729. The maximum atomic E-state index is 5.97. The van der Waals surface area contributed by atoms with Gasteiger partial charge in [-0.25, -0.2) is 4.98 Å². The van der Waals surface area contributed by atoms with E-state index in [1.807, 2.05) is 25.3 Å². The predicted octanol–water partition coefficient (Wildman–Crippen LogP) is 3.36. The van der Waals surface area contributed by atoms with Crippen molar-refractivity contribution in [2.75, 3.05) is 18.0 Å². The van der Waals surface area contributed by atoms with Crippen molar-refractivity contribution in [3.05, 3.63) is 53.7 Å². The van der Waals surface area contributed by atoms with Crippen LogP contribution in [0.3, 0.4) is 0 Å². The van der Waals surface area contributed by atoms with E-state index in [0.29, 0.717) is 0 Å². The number of hydrogen-bond acceptors (Lipinski definition) is 3. The number of pyridine rings is 1. The van der Waals surface area contributed by atoms with Crippen molar-refractivity contribution in [1.82, 2.24) is 4.98 Å². The van der Waals surface area contributed by atoms with Gasteiger partial charge in [-0.2, -0.15) is 0 Å². The summed E-state index contributed by atoms with van der Waals surface area (Å²) in [5, 5.41) is 0. The first-order valence-corrected chi connectivity index (χ1v) is 7.12. The fourth-order valence-corrected chi connectivity index (χ4v) is 2.66. The van der Waals surface area contributed by atoms with E-state index in [4.69, 9.17) is 4.74 Å². The Balaban J connectivity index is 1.65. The molecule has 1 aliphatic heterocycles. The molecular formula is C17H20N2O.